The molecule has 2 aromatic rings. The van der Waals surface area contributed by atoms with Crippen molar-refractivity contribution in [3.8, 4) is 0 Å². The number of carbonyl (C=O) groups excluding carboxylic acids is 2. The van der Waals surface area contributed by atoms with Crippen molar-refractivity contribution in [1.29, 1.82) is 0 Å². The van der Waals surface area contributed by atoms with Crippen LogP contribution >= 0.6 is 11.8 Å². The lowest BCUT2D eigenvalue weighted by atomic mass is 10.1. The van der Waals surface area contributed by atoms with Crippen LogP contribution in [0.25, 0.3) is 0 Å². The molecule has 33 heavy (non-hydrogen) atoms. The fourth-order valence-corrected chi connectivity index (χ4v) is 4.62. The molecule has 1 aliphatic rings. The van der Waals surface area contributed by atoms with Gasteiger partial charge in [-0.1, -0.05) is 23.9 Å². The van der Waals surface area contributed by atoms with E-state index in [1.165, 1.54) is 0 Å². The van der Waals surface area contributed by atoms with Gasteiger partial charge in [-0.3, -0.25) is 9.59 Å². The van der Waals surface area contributed by atoms with E-state index in [1.54, 1.807) is 30.7 Å². The first kappa shape index (κ1) is 25.0. The average Bonchev–Trinajstić information content (AvgIpc) is 2.83. The van der Waals surface area contributed by atoms with Crippen LogP contribution in [0.5, 0.6) is 0 Å². The predicted molar refractivity (Wildman–Crippen MR) is 130 cm³/mol. The van der Waals surface area contributed by atoms with Crippen LogP contribution in [0.2, 0.25) is 0 Å². The van der Waals surface area contributed by atoms with E-state index in [9.17, 15) is 9.59 Å². The average molecular weight is 472 g/mol. The maximum atomic E-state index is 13.0. The Balaban J connectivity index is 1.68. The largest absolute Gasteiger partial charge is 0.378 e. The Bertz CT molecular complexity index is 959. The van der Waals surface area contributed by atoms with E-state index < -0.39 is 0 Å². The fraction of sp³-hybridized carbons (Fsp3) is 0.500. The van der Waals surface area contributed by atoms with E-state index >= 15 is 0 Å². The van der Waals surface area contributed by atoms with Crippen LogP contribution in [0.3, 0.4) is 0 Å². The van der Waals surface area contributed by atoms with Gasteiger partial charge in [0.05, 0.1) is 12.3 Å². The molecule has 0 saturated carbocycles. The molecule has 1 fully saturated rings. The molecule has 2 heterocycles. The molecule has 1 saturated heterocycles. The van der Waals surface area contributed by atoms with Crippen LogP contribution < -0.4 is 4.90 Å². The van der Waals surface area contributed by atoms with Crippen molar-refractivity contribution in [2.45, 2.75) is 38.3 Å². The molecule has 0 radical (unpaired) electrons. The van der Waals surface area contributed by atoms with Gasteiger partial charge in [-0.15, -0.1) is 0 Å². The van der Waals surface area contributed by atoms with Gasteiger partial charge in [0.2, 0.25) is 5.91 Å². The molecular weight excluding hydrogens is 438 g/mol. The smallest absolute Gasteiger partial charge is 0.253 e. The minimum atomic E-state index is 0.00668. The normalized spacial score (nSPS) is 13.8. The lowest BCUT2D eigenvalue weighted by molar-refractivity contribution is -0.130. The van der Waals surface area contributed by atoms with E-state index in [4.69, 9.17) is 9.72 Å². The van der Waals surface area contributed by atoms with Crippen molar-refractivity contribution in [3.63, 3.8) is 0 Å². The van der Waals surface area contributed by atoms with Crippen LogP contribution in [0.15, 0.2) is 35.5 Å². The van der Waals surface area contributed by atoms with Crippen molar-refractivity contribution in [3.05, 3.63) is 47.2 Å². The molecule has 0 unspecified atom stereocenters. The van der Waals surface area contributed by atoms with E-state index in [1.807, 2.05) is 35.2 Å². The summed E-state index contributed by atoms with van der Waals surface area (Å²) in [6, 6.07) is 9.70. The highest BCUT2D eigenvalue weighted by Gasteiger charge is 2.23. The van der Waals surface area contributed by atoms with E-state index in [2.05, 4.69) is 23.7 Å². The Kier molecular flexibility index (Phi) is 9.08. The van der Waals surface area contributed by atoms with Crippen molar-refractivity contribution in [2.24, 2.45) is 0 Å². The van der Waals surface area contributed by atoms with E-state index in [0.717, 1.165) is 30.2 Å². The molecule has 1 aromatic heterocycles. The molecule has 0 atom stereocenters. The summed E-state index contributed by atoms with van der Waals surface area (Å²) in [5.74, 6) is 1.63. The van der Waals surface area contributed by atoms with Crippen LogP contribution in [0, 0.1) is 0 Å². The molecule has 2 amide bonds. The van der Waals surface area contributed by atoms with Gasteiger partial charge in [0.1, 0.15) is 5.82 Å². The first-order chi connectivity index (χ1) is 15.9. The number of amides is 2. The molecule has 1 aliphatic heterocycles. The van der Waals surface area contributed by atoms with Crippen molar-refractivity contribution in [2.75, 3.05) is 51.3 Å². The Hall–Kier alpha value is -2.65. The number of benzene rings is 1. The molecule has 3 rings (SSSR count). The second-order valence-corrected chi connectivity index (χ2v) is 8.84. The molecule has 178 valence electrons. The zero-order chi connectivity index (χ0) is 23.8. The molecule has 0 spiro atoms. The summed E-state index contributed by atoms with van der Waals surface area (Å²) in [4.78, 5) is 39.7. The number of anilines is 1. The number of nitrogens with zero attached hydrogens (tertiary/aromatic N) is 5. The summed E-state index contributed by atoms with van der Waals surface area (Å²) >= 11 is 1.55. The first-order valence-electron chi connectivity index (χ1n) is 11.3. The molecule has 9 heteroatoms. The van der Waals surface area contributed by atoms with E-state index in [-0.39, 0.29) is 11.8 Å². The lowest BCUT2D eigenvalue weighted by Crippen LogP contribution is -2.50. The summed E-state index contributed by atoms with van der Waals surface area (Å²) in [5, 5.41) is 0.698. The summed E-state index contributed by atoms with van der Waals surface area (Å²) < 4.78 is 5.29. The van der Waals surface area contributed by atoms with E-state index in [0.29, 0.717) is 49.3 Å². The molecular formula is C24H33N5O3S. The number of aromatic nitrogens is 2. The summed E-state index contributed by atoms with van der Waals surface area (Å²) in [7, 11) is 1.66. The molecule has 0 N–H and O–H groups in total. The maximum Gasteiger partial charge on any atom is 0.253 e. The van der Waals surface area contributed by atoms with Crippen LogP contribution in [-0.2, 0) is 21.9 Å². The Morgan fingerprint density at radius 2 is 1.76 bits per heavy atom. The van der Waals surface area contributed by atoms with Crippen LogP contribution in [-0.4, -0.2) is 78.0 Å². The fourth-order valence-electron chi connectivity index (χ4n) is 3.80. The monoisotopic (exact) mass is 471 g/mol. The number of carbonyl (C=O) groups is 2. The third kappa shape index (κ3) is 6.68. The highest BCUT2D eigenvalue weighted by Crippen LogP contribution is 2.24. The zero-order valence-corrected chi connectivity index (χ0v) is 20.7. The minimum absolute atomic E-state index is 0.00668. The number of methoxy groups -OCH3 is 1. The number of hydrogen-bond acceptors (Lipinski definition) is 7. The number of thioether (sulfide) groups is 1. The van der Waals surface area contributed by atoms with Gasteiger partial charge in [0.25, 0.3) is 5.91 Å². The lowest BCUT2D eigenvalue weighted by Gasteiger charge is -2.34. The van der Waals surface area contributed by atoms with Gasteiger partial charge >= 0.3 is 0 Å². The number of rotatable bonds is 9. The first-order valence-corrected chi connectivity index (χ1v) is 12.3. The quantitative estimate of drug-likeness (QED) is 0.411. The topological polar surface area (TPSA) is 78.9 Å². The molecule has 1 aromatic carbocycles. The number of ether oxygens (including phenoxy) is 1. The van der Waals surface area contributed by atoms with Crippen LogP contribution in [0.1, 0.15) is 42.4 Å². The Morgan fingerprint density at radius 3 is 2.39 bits per heavy atom. The SMILES string of the molecule is CCN(CC)c1cc(COC)nc(SCc2cccc(C(=O)N3CCN(C(C)=O)CC3)c2)n1. The number of piperazine rings is 1. The molecule has 0 aliphatic carbocycles. The second kappa shape index (κ2) is 12.0. The van der Waals surface area contributed by atoms with Crippen molar-refractivity contribution in [1.82, 2.24) is 19.8 Å². The molecule has 0 bridgehead atoms. The highest BCUT2D eigenvalue weighted by atomic mass is 32.2. The van der Waals surface area contributed by atoms with Gasteiger partial charge in [0, 0.05) is 70.7 Å². The van der Waals surface area contributed by atoms with Gasteiger partial charge in [-0.2, -0.15) is 0 Å². The zero-order valence-electron chi connectivity index (χ0n) is 19.9. The maximum absolute atomic E-state index is 13.0. The highest BCUT2D eigenvalue weighted by molar-refractivity contribution is 7.98. The van der Waals surface area contributed by atoms with Gasteiger partial charge in [0.15, 0.2) is 5.16 Å². The summed E-state index contributed by atoms with van der Waals surface area (Å²) in [5.41, 5.74) is 2.56. The third-order valence-electron chi connectivity index (χ3n) is 5.68. The third-order valence-corrected chi connectivity index (χ3v) is 6.60. The Labute approximate surface area is 200 Å². The van der Waals surface area contributed by atoms with Crippen molar-refractivity contribution >= 4 is 29.4 Å². The predicted octanol–water partition coefficient (Wildman–Crippen LogP) is 3.07. The summed E-state index contributed by atoms with van der Waals surface area (Å²) in [6.07, 6.45) is 0. The standard InChI is InChI=1S/C24H33N5O3S/c1-5-27(6-2)22-15-21(16-32-4)25-24(26-22)33-17-19-8-7-9-20(14-19)23(31)29-12-10-28(11-13-29)18(3)30/h7-9,14-15H,5-6,10-13,16-17H2,1-4H3. The van der Waals surface area contributed by atoms with Gasteiger partial charge in [-0.25, -0.2) is 9.97 Å². The second-order valence-electron chi connectivity index (χ2n) is 7.89. The summed E-state index contributed by atoms with van der Waals surface area (Å²) in [6.45, 7) is 10.2. The van der Waals surface area contributed by atoms with Gasteiger partial charge in [-0.05, 0) is 31.5 Å². The van der Waals surface area contributed by atoms with Gasteiger partial charge < -0.3 is 19.4 Å². The Morgan fingerprint density at radius 1 is 1.06 bits per heavy atom. The molecule has 8 nitrogen and oxygen atoms in total. The number of hydrogen-bond donors (Lipinski definition) is 0. The van der Waals surface area contributed by atoms with Crippen LogP contribution in [0.4, 0.5) is 5.82 Å². The van der Waals surface area contributed by atoms with Crippen molar-refractivity contribution < 1.29 is 14.3 Å². The minimum Gasteiger partial charge on any atom is -0.378 e.